The minimum Gasteiger partial charge on any atom is -0.376 e. The van der Waals surface area contributed by atoms with Crippen molar-refractivity contribution in [3.63, 3.8) is 0 Å². The first-order valence-electron chi connectivity index (χ1n) is 10.0. The number of thioether (sulfide) groups is 1. The molecule has 0 saturated carbocycles. The van der Waals surface area contributed by atoms with Gasteiger partial charge in [-0.1, -0.05) is 31.2 Å². The van der Waals surface area contributed by atoms with Crippen molar-refractivity contribution >= 4 is 34.6 Å². The van der Waals surface area contributed by atoms with Crippen LogP contribution in [0, 0.1) is 6.92 Å². The minimum atomic E-state index is -4.86. The highest BCUT2D eigenvalue weighted by atomic mass is 32.2. The monoisotopic (exact) mass is 444 g/mol. The fourth-order valence-electron chi connectivity index (χ4n) is 4.14. The molecule has 3 nitrogen and oxygen atoms in total. The summed E-state index contributed by atoms with van der Waals surface area (Å²) in [5.41, 5.74) is -1.24. The molecule has 1 N–H and O–H groups in total. The molecule has 0 saturated heterocycles. The van der Waals surface area contributed by atoms with Gasteiger partial charge in [0.25, 0.3) is 0 Å². The summed E-state index contributed by atoms with van der Waals surface area (Å²) >= 11 is 1.63. The summed E-state index contributed by atoms with van der Waals surface area (Å²) in [5, 5.41) is 11.5. The zero-order valence-electron chi connectivity index (χ0n) is 17.3. The number of pyridine rings is 1. The fourth-order valence-corrected chi connectivity index (χ4v) is 5.56. The van der Waals surface area contributed by atoms with Crippen LogP contribution >= 0.6 is 11.8 Å². The first-order valence-corrected chi connectivity index (χ1v) is 11.0. The zero-order chi connectivity index (χ0) is 22.3. The van der Waals surface area contributed by atoms with Gasteiger partial charge in [-0.2, -0.15) is 13.2 Å². The van der Waals surface area contributed by atoms with Crippen molar-refractivity contribution in [2.45, 2.75) is 48.8 Å². The lowest BCUT2D eigenvalue weighted by molar-refractivity contribution is -0.235. The number of halogens is 3. The summed E-state index contributed by atoms with van der Waals surface area (Å²) in [6, 6.07) is 16.2. The third-order valence-corrected chi connectivity index (χ3v) is 6.94. The van der Waals surface area contributed by atoms with Gasteiger partial charge in [-0.15, -0.1) is 11.8 Å². The summed E-state index contributed by atoms with van der Waals surface area (Å²) in [6.45, 7) is 3.64. The maximum atomic E-state index is 14.1. The Balaban J connectivity index is 1.74. The molecule has 2 atom stereocenters. The van der Waals surface area contributed by atoms with Crippen LogP contribution in [0.5, 0.6) is 0 Å². The fraction of sp³-hybridized carbons (Fsp3) is 0.333. The molecule has 0 bridgehead atoms. The molecule has 7 heteroatoms. The molecule has 2 aromatic carbocycles. The summed E-state index contributed by atoms with van der Waals surface area (Å²) < 4.78 is 42.3. The van der Waals surface area contributed by atoms with Crippen LogP contribution < -0.4 is 0 Å². The Hall–Kier alpha value is -2.38. The van der Waals surface area contributed by atoms with Crippen LogP contribution in [0.15, 0.2) is 64.5 Å². The van der Waals surface area contributed by atoms with Gasteiger partial charge in [-0.3, -0.25) is 9.98 Å². The van der Waals surface area contributed by atoms with E-state index in [1.54, 1.807) is 49.0 Å². The van der Waals surface area contributed by atoms with E-state index in [1.807, 2.05) is 31.2 Å². The number of benzene rings is 2. The number of fused-ring (bicyclic) bond motifs is 2. The molecule has 0 radical (unpaired) electrons. The maximum Gasteiger partial charge on any atom is 0.422 e. The molecule has 162 valence electrons. The maximum absolute atomic E-state index is 14.1. The van der Waals surface area contributed by atoms with Gasteiger partial charge in [0.2, 0.25) is 0 Å². The number of hydrogen-bond donors (Lipinski definition) is 1. The van der Waals surface area contributed by atoms with E-state index in [9.17, 15) is 18.3 Å². The van der Waals surface area contributed by atoms with E-state index in [1.165, 1.54) is 0 Å². The highest BCUT2D eigenvalue weighted by molar-refractivity contribution is 7.99. The van der Waals surface area contributed by atoms with Crippen LogP contribution in [0.1, 0.15) is 31.0 Å². The van der Waals surface area contributed by atoms with Gasteiger partial charge in [0, 0.05) is 22.2 Å². The van der Waals surface area contributed by atoms with Crippen LogP contribution in [-0.4, -0.2) is 33.8 Å². The number of rotatable bonds is 4. The van der Waals surface area contributed by atoms with Gasteiger partial charge in [-0.05, 0) is 66.8 Å². The van der Waals surface area contributed by atoms with Crippen molar-refractivity contribution in [3.8, 4) is 0 Å². The first kappa shape index (κ1) is 21.8. The Labute approximate surface area is 183 Å². The third kappa shape index (κ3) is 4.21. The van der Waals surface area contributed by atoms with E-state index in [0.717, 1.165) is 16.2 Å². The largest absolute Gasteiger partial charge is 0.422 e. The van der Waals surface area contributed by atoms with Gasteiger partial charge < -0.3 is 5.11 Å². The molecule has 3 aromatic rings. The summed E-state index contributed by atoms with van der Waals surface area (Å²) in [5.74, 6) is 0.701. The van der Waals surface area contributed by atoms with Gasteiger partial charge >= 0.3 is 6.18 Å². The predicted octanol–water partition coefficient (Wildman–Crippen LogP) is 6.38. The summed E-state index contributed by atoms with van der Waals surface area (Å²) in [7, 11) is 0. The van der Waals surface area contributed by atoms with E-state index < -0.39 is 23.6 Å². The highest BCUT2D eigenvalue weighted by Crippen LogP contribution is 2.48. The Morgan fingerprint density at radius 1 is 1.13 bits per heavy atom. The second-order valence-electron chi connectivity index (χ2n) is 8.31. The van der Waals surface area contributed by atoms with Crippen molar-refractivity contribution in [1.82, 2.24) is 4.98 Å². The lowest BCUT2D eigenvalue weighted by Crippen LogP contribution is -2.51. The van der Waals surface area contributed by atoms with E-state index in [0.29, 0.717) is 35.0 Å². The molecule has 0 amide bonds. The highest BCUT2D eigenvalue weighted by Gasteiger charge is 2.56. The number of nitrogens with zero attached hydrogens (tertiary/aromatic N) is 2. The molecule has 2 heterocycles. The van der Waals surface area contributed by atoms with E-state index in [2.05, 4.69) is 9.98 Å². The molecule has 31 heavy (non-hydrogen) atoms. The second-order valence-corrected chi connectivity index (χ2v) is 9.45. The number of aromatic nitrogens is 1. The SMILES string of the molecule is Cc1ccc2c(N=CC(O)(CC3(C)CCSc4ccccc43)C(F)(F)F)cccc2n1. The van der Waals surface area contributed by atoms with Gasteiger partial charge in [0.15, 0.2) is 5.60 Å². The molecule has 1 aliphatic rings. The van der Waals surface area contributed by atoms with Crippen LogP contribution in [0.2, 0.25) is 0 Å². The summed E-state index contributed by atoms with van der Waals surface area (Å²) in [4.78, 5) is 9.48. The van der Waals surface area contributed by atoms with Gasteiger partial charge in [0.1, 0.15) is 0 Å². The Morgan fingerprint density at radius 3 is 2.68 bits per heavy atom. The molecular formula is C24H23F3N2OS. The quantitative estimate of drug-likeness (QED) is 0.475. The van der Waals surface area contributed by atoms with Crippen LogP contribution in [0.25, 0.3) is 10.9 Å². The first-order chi connectivity index (χ1) is 14.6. The van der Waals surface area contributed by atoms with Gasteiger partial charge in [0.05, 0.1) is 11.2 Å². The molecular weight excluding hydrogens is 421 g/mol. The molecule has 0 aliphatic carbocycles. The van der Waals surface area contributed by atoms with Crippen molar-refractivity contribution in [3.05, 3.63) is 65.9 Å². The topological polar surface area (TPSA) is 45.5 Å². The Bertz CT molecular complexity index is 1150. The molecule has 4 rings (SSSR count). The minimum absolute atomic E-state index is 0.345. The smallest absolute Gasteiger partial charge is 0.376 e. The van der Waals surface area contributed by atoms with E-state index in [-0.39, 0.29) is 0 Å². The molecule has 2 unspecified atom stereocenters. The van der Waals surface area contributed by atoms with E-state index in [4.69, 9.17) is 0 Å². The van der Waals surface area contributed by atoms with Crippen LogP contribution in [-0.2, 0) is 5.41 Å². The zero-order valence-corrected chi connectivity index (χ0v) is 18.1. The average molecular weight is 445 g/mol. The van der Waals surface area contributed by atoms with Crippen molar-refractivity contribution in [2.24, 2.45) is 4.99 Å². The van der Waals surface area contributed by atoms with Crippen molar-refractivity contribution in [2.75, 3.05) is 5.75 Å². The number of aliphatic hydroxyl groups is 1. The third-order valence-electron chi connectivity index (χ3n) is 5.86. The summed E-state index contributed by atoms with van der Waals surface area (Å²) in [6.07, 6.45) is -4.15. The lowest BCUT2D eigenvalue weighted by Gasteiger charge is -2.41. The van der Waals surface area contributed by atoms with Crippen LogP contribution in [0.3, 0.4) is 0 Å². The Kier molecular flexibility index (Phi) is 5.60. The van der Waals surface area contributed by atoms with Crippen molar-refractivity contribution < 1.29 is 18.3 Å². The average Bonchev–Trinajstić information content (AvgIpc) is 2.71. The Morgan fingerprint density at radius 2 is 1.90 bits per heavy atom. The van der Waals surface area contributed by atoms with Crippen molar-refractivity contribution in [1.29, 1.82) is 0 Å². The number of aliphatic imine (C=N–C) groups is 1. The van der Waals surface area contributed by atoms with Crippen LogP contribution in [0.4, 0.5) is 18.9 Å². The number of alkyl halides is 3. The molecule has 1 aromatic heterocycles. The predicted molar refractivity (Wildman–Crippen MR) is 119 cm³/mol. The number of aryl methyl sites for hydroxylation is 1. The normalized spacial score (nSPS) is 21.2. The standard InChI is InChI=1S/C24H23F3N2OS/c1-16-10-11-17-19(7-5-8-20(17)29-16)28-15-23(30,24(25,26)27)14-22(2)12-13-31-21-9-4-3-6-18(21)22/h3-11,15,30H,12-14H2,1-2H3. The number of hydrogen-bond acceptors (Lipinski definition) is 4. The van der Waals surface area contributed by atoms with Gasteiger partial charge in [-0.25, -0.2) is 0 Å². The van der Waals surface area contributed by atoms with E-state index >= 15 is 0 Å². The molecule has 1 aliphatic heterocycles. The molecule has 0 fully saturated rings. The lowest BCUT2D eigenvalue weighted by atomic mass is 9.71. The second kappa shape index (κ2) is 7.95. The molecule has 0 spiro atoms.